The zero-order valence-electron chi connectivity index (χ0n) is 10.8. The van der Waals surface area contributed by atoms with Crippen LogP contribution in [0.4, 0.5) is 0 Å². The van der Waals surface area contributed by atoms with Crippen LogP contribution in [0.25, 0.3) is 0 Å². The molecule has 2 rings (SSSR count). The number of carbonyl (C=O) groups excluding carboxylic acids is 1. The monoisotopic (exact) mass is 256 g/mol. The van der Waals surface area contributed by atoms with Crippen molar-refractivity contribution >= 4 is 11.9 Å². The molecular weight excluding hydrogens is 236 g/mol. The number of rotatable bonds is 5. The molecule has 2 heterocycles. The topological polar surface area (TPSA) is 69.9 Å². The van der Waals surface area contributed by atoms with Gasteiger partial charge in [0.05, 0.1) is 12.8 Å². The fourth-order valence-corrected chi connectivity index (χ4v) is 2.37. The number of carbonyl (C=O) groups is 2. The third kappa shape index (κ3) is 3.00. The van der Waals surface area contributed by atoms with Crippen molar-refractivity contribution in [1.82, 2.24) is 9.80 Å². The Morgan fingerprint density at radius 2 is 2.06 bits per heavy atom. The Balaban J connectivity index is 1.79. The van der Waals surface area contributed by atoms with Crippen LogP contribution in [0.3, 0.4) is 0 Å². The highest BCUT2D eigenvalue weighted by Gasteiger charge is 2.44. The number of esters is 1. The molecule has 2 fully saturated rings. The summed E-state index contributed by atoms with van der Waals surface area (Å²) in [5, 5.41) is 9.06. The van der Waals surface area contributed by atoms with Crippen molar-refractivity contribution < 1.29 is 19.4 Å². The van der Waals surface area contributed by atoms with E-state index in [1.165, 1.54) is 0 Å². The molecule has 0 radical (unpaired) electrons. The molecule has 0 aromatic heterocycles. The van der Waals surface area contributed by atoms with Gasteiger partial charge >= 0.3 is 11.9 Å². The van der Waals surface area contributed by atoms with Crippen LogP contribution in [0.1, 0.15) is 26.7 Å². The Kier molecular flexibility index (Phi) is 3.87. The molecule has 1 N–H and O–H groups in total. The number of carboxylic acids is 1. The van der Waals surface area contributed by atoms with Gasteiger partial charge in [-0.2, -0.15) is 0 Å². The molecule has 2 saturated heterocycles. The van der Waals surface area contributed by atoms with E-state index < -0.39 is 12.0 Å². The maximum Gasteiger partial charge on any atom is 0.324 e. The van der Waals surface area contributed by atoms with Crippen LogP contribution in [-0.2, 0) is 14.3 Å². The van der Waals surface area contributed by atoms with Crippen LogP contribution in [-0.4, -0.2) is 64.8 Å². The van der Waals surface area contributed by atoms with Gasteiger partial charge in [0.15, 0.2) is 0 Å². The zero-order valence-corrected chi connectivity index (χ0v) is 10.8. The maximum atomic E-state index is 11.6. The molecule has 0 aromatic carbocycles. The van der Waals surface area contributed by atoms with Gasteiger partial charge in [0, 0.05) is 13.1 Å². The summed E-state index contributed by atoms with van der Waals surface area (Å²) in [7, 11) is 0. The van der Waals surface area contributed by atoms with Crippen molar-refractivity contribution in [3.63, 3.8) is 0 Å². The van der Waals surface area contributed by atoms with Crippen molar-refractivity contribution in [3.05, 3.63) is 0 Å². The molecular formula is C12H20N2O4. The fourth-order valence-electron chi connectivity index (χ4n) is 2.37. The van der Waals surface area contributed by atoms with Crippen LogP contribution < -0.4 is 0 Å². The lowest BCUT2D eigenvalue weighted by Crippen LogP contribution is -2.39. The van der Waals surface area contributed by atoms with E-state index in [1.54, 1.807) is 0 Å². The van der Waals surface area contributed by atoms with Gasteiger partial charge in [-0.1, -0.05) is 0 Å². The summed E-state index contributed by atoms with van der Waals surface area (Å²) in [5.74, 6) is -0.966. The van der Waals surface area contributed by atoms with E-state index in [9.17, 15) is 9.59 Å². The minimum absolute atomic E-state index is 0.0986. The lowest BCUT2D eigenvalue weighted by atomic mass is 10.2. The number of hydrogen-bond donors (Lipinski definition) is 1. The average Bonchev–Trinajstić information content (AvgIpc) is 2.85. The molecule has 0 aliphatic carbocycles. The Morgan fingerprint density at radius 1 is 1.33 bits per heavy atom. The molecule has 3 atom stereocenters. The van der Waals surface area contributed by atoms with Gasteiger partial charge in [0.25, 0.3) is 0 Å². The second kappa shape index (κ2) is 5.24. The molecule has 102 valence electrons. The molecule has 0 bridgehead atoms. The number of aliphatic carboxylic acids is 1. The number of ether oxygens (including phenoxy) is 1. The second-order valence-corrected chi connectivity index (χ2v) is 5.22. The minimum atomic E-state index is -0.768. The summed E-state index contributed by atoms with van der Waals surface area (Å²) in [6, 6.07) is -0.574. The summed E-state index contributed by atoms with van der Waals surface area (Å²) >= 11 is 0. The van der Waals surface area contributed by atoms with Gasteiger partial charge in [-0.15, -0.1) is 0 Å². The summed E-state index contributed by atoms with van der Waals surface area (Å²) in [5.41, 5.74) is 0. The van der Waals surface area contributed by atoms with Gasteiger partial charge < -0.3 is 9.84 Å². The Bertz CT molecular complexity index is 345. The van der Waals surface area contributed by atoms with Gasteiger partial charge in [-0.05, 0) is 26.7 Å². The first-order valence-electron chi connectivity index (χ1n) is 6.40. The number of hydrogen-bond acceptors (Lipinski definition) is 5. The standard InChI is InChI=1S/C12H20N2O4/c1-8(2)18-12(17)10-6-14(10)7-13-5-3-4-9(13)11(15)16/h8-10H,3-7H2,1-2H3,(H,15,16)/t9-,10-,14?/m0/s1. The highest BCUT2D eigenvalue weighted by molar-refractivity contribution is 5.79. The molecule has 18 heavy (non-hydrogen) atoms. The Morgan fingerprint density at radius 3 is 2.67 bits per heavy atom. The van der Waals surface area contributed by atoms with E-state index >= 15 is 0 Å². The van der Waals surface area contributed by atoms with E-state index in [-0.39, 0.29) is 18.1 Å². The number of carboxylic acid groups (broad SMARTS) is 1. The fraction of sp³-hybridized carbons (Fsp3) is 0.833. The molecule has 2 aliphatic heterocycles. The molecule has 0 aromatic rings. The van der Waals surface area contributed by atoms with Crippen LogP contribution in [0.2, 0.25) is 0 Å². The van der Waals surface area contributed by atoms with Gasteiger partial charge in [0.2, 0.25) is 0 Å². The summed E-state index contributed by atoms with van der Waals surface area (Å²) in [4.78, 5) is 26.5. The zero-order chi connectivity index (χ0) is 13.3. The highest BCUT2D eigenvalue weighted by atomic mass is 16.5. The van der Waals surface area contributed by atoms with Crippen LogP contribution >= 0.6 is 0 Å². The Hall–Kier alpha value is -1.14. The molecule has 6 heteroatoms. The summed E-state index contributed by atoms with van der Waals surface area (Å²) < 4.78 is 5.13. The Labute approximate surface area is 106 Å². The average molecular weight is 256 g/mol. The normalized spacial score (nSPS) is 31.6. The maximum absolute atomic E-state index is 11.6. The van der Waals surface area contributed by atoms with Crippen molar-refractivity contribution in [2.75, 3.05) is 19.8 Å². The smallest absolute Gasteiger partial charge is 0.324 e. The van der Waals surface area contributed by atoms with Crippen LogP contribution in [0.15, 0.2) is 0 Å². The van der Waals surface area contributed by atoms with E-state index in [1.807, 2.05) is 23.6 Å². The third-order valence-electron chi connectivity index (χ3n) is 3.35. The van der Waals surface area contributed by atoms with Crippen molar-refractivity contribution in [3.8, 4) is 0 Å². The molecule has 1 unspecified atom stereocenters. The van der Waals surface area contributed by atoms with Gasteiger partial charge in [-0.25, -0.2) is 0 Å². The number of likely N-dealkylation sites (tertiary alicyclic amines) is 1. The lowest BCUT2D eigenvalue weighted by Gasteiger charge is -2.21. The summed E-state index contributed by atoms with van der Waals surface area (Å²) in [6.45, 7) is 5.67. The van der Waals surface area contributed by atoms with E-state index in [4.69, 9.17) is 9.84 Å². The molecule has 0 spiro atoms. The van der Waals surface area contributed by atoms with Gasteiger partial charge in [-0.3, -0.25) is 19.4 Å². The molecule has 0 saturated carbocycles. The van der Waals surface area contributed by atoms with E-state index in [0.29, 0.717) is 19.6 Å². The predicted octanol–water partition coefficient (Wildman–Crippen LogP) is 0.129. The predicted molar refractivity (Wildman–Crippen MR) is 64.0 cm³/mol. The largest absolute Gasteiger partial charge is 0.480 e. The molecule has 6 nitrogen and oxygen atoms in total. The van der Waals surface area contributed by atoms with Crippen LogP contribution in [0.5, 0.6) is 0 Å². The highest BCUT2D eigenvalue weighted by Crippen LogP contribution is 2.24. The van der Waals surface area contributed by atoms with E-state index in [2.05, 4.69) is 0 Å². The van der Waals surface area contributed by atoms with Crippen LogP contribution in [0, 0.1) is 0 Å². The van der Waals surface area contributed by atoms with Crippen molar-refractivity contribution in [1.29, 1.82) is 0 Å². The van der Waals surface area contributed by atoms with Gasteiger partial charge in [0.1, 0.15) is 12.1 Å². The molecule has 0 amide bonds. The first-order chi connectivity index (χ1) is 8.49. The number of nitrogens with zero attached hydrogens (tertiary/aromatic N) is 2. The summed E-state index contributed by atoms with van der Waals surface area (Å²) in [6.07, 6.45) is 1.51. The first-order valence-corrected chi connectivity index (χ1v) is 6.40. The third-order valence-corrected chi connectivity index (χ3v) is 3.35. The molecule has 2 aliphatic rings. The van der Waals surface area contributed by atoms with Crippen molar-refractivity contribution in [2.45, 2.75) is 44.9 Å². The van der Waals surface area contributed by atoms with E-state index in [0.717, 1.165) is 13.0 Å². The second-order valence-electron chi connectivity index (χ2n) is 5.22. The quantitative estimate of drug-likeness (QED) is 0.557. The SMILES string of the molecule is CC(C)OC(=O)[C@@H]1CN1CN1CCC[C@H]1C(=O)O. The lowest BCUT2D eigenvalue weighted by molar-refractivity contribution is -0.147. The first kappa shape index (κ1) is 13.3. The minimum Gasteiger partial charge on any atom is -0.480 e. The van der Waals surface area contributed by atoms with Crippen molar-refractivity contribution in [2.24, 2.45) is 0 Å².